The molecule has 1 aromatic carbocycles. The second kappa shape index (κ2) is 7.27. The average molecular weight is 287 g/mol. The van der Waals surface area contributed by atoms with Crippen LogP contribution in [0.15, 0.2) is 18.2 Å². The molecule has 1 rings (SSSR count). The van der Waals surface area contributed by atoms with Gasteiger partial charge in [0.1, 0.15) is 0 Å². The number of nitrogens with zero attached hydrogens (tertiary/aromatic N) is 1. The lowest BCUT2D eigenvalue weighted by molar-refractivity contribution is 0.673. The maximum atomic E-state index is 6.37. The summed E-state index contributed by atoms with van der Waals surface area (Å²) in [5.74, 6) is 1.11. The van der Waals surface area contributed by atoms with Crippen LogP contribution in [0.1, 0.15) is 31.9 Å². The second-order valence-corrected chi connectivity index (χ2v) is 5.95. The van der Waals surface area contributed by atoms with E-state index >= 15 is 0 Å². The minimum Gasteiger partial charge on any atom is -0.370 e. The van der Waals surface area contributed by atoms with E-state index in [-0.39, 0.29) is 6.04 Å². The van der Waals surface area contributed by atoms with Crippen molar-refractivity contribution in [2.45, 2.75) is 32.4 Å². The molecule has 2 nitrogen and oxygen atoms in total. The highest BCUT2D eigenvalue weighted by molar-refractivity contribution is 7.98. The van der Waals surface area contributed by atoms with Crippen LogP contribution in [0.2, 0.25) is 5.02 Å². The molecule has 2 atom stereocenters. The van der Waals surface area contributed by atoms with Crippen LogP contribution < -0.4 is 10.6 Å². The van der Waals surface area contributed by atoms with Gasteiger partial charge in [-0.2, -0.15) is 11.8 Å². The largest absolute Gasteiger partial charge is 0.370 e. The van der Waals surface area contributed by atoms with Crippen LogP contribution in [0, 0.1) is 0 Å². The number of hydrogen-bond acceptors (Lipinski definition) is 3. The van der Waals surface area contributed by atoms with Crippen molar-refractivity contribution in [3.05, 3.63) is 28.8 Å². The van der Waals surface area contributed by atoms with E-state index in [4.69, 9.17) is 17.3 Å². The van der Waals surface area contributed by atoms with E-state index in [9.17, 15) is 0 Å². The summed E-state index contributed by atoms with van der Waals surface area (Å²) in [5, 5.41) is 0.784. The van der Waals surface area contributed by atoms with Crippen molar-refractivity contribution >= 4 is 29.1 Å². The molecule has 18 heavy (non-hydrogen) atoms. The van der Waals surface area contributed by atoms with Crippen LogP contribution in [0.25, 0.3) is 0 Å². The number of halogens is 1. The Labute approximate surface area is 120 Å². The summed E-state index contributed by atoms with van der Waals surface area (Å²) >= 11 is 8.23. The van der Waals surface area contributed by atoms with Crippen molar-refractivity contribution in [1.82, 2.24) is 0 Å². The first-order chi connectivity index (χ1) is 8.51. The van der Waals surface area contributed by atoms with Gasteiger partial charge in [0, 0.05) is 24.9 Å². The Kier molecular flexibility index (Phi) is 6.33. The third kappa shape index (κ3) is 3.81. The van der Waals surface area contributed by atoms with Gasteiger partial charge in [0.25, 0.3) is 0 Å². The van der Waals surface area contributed by atoms with Gasteiger partial charge in [0.05, 0.1) is 10.7 Å². The van der Waals surface area contributed by atoms with Crippen LogP contribution >= 0.6 is 23.4 Å². The molecular formula is C14H23ClN2S. The van der Waals surface area contributed by atoms with Gasteiger partial charge in [-0.05, 0) is 37.3 Å². The molecular weight excluding hydrogens is 264 g/mol. The van der Waals surface area contributed by atoms with Crippen LogP contribution in [-0.2, 0) is 0 Å². The number of hydrogen-bond donors (Lipinski definition) is 1. The summed E-state index contributed by atoms with van der Waals surface area (Å²) in [6, 6.07) is 6.65. The molecule has 0 aliphatic rings. The lowest BCUT2D eigenvalue weighted by atomic mass is 10.1. The van der Waals surface area contributed by atoms with E-state index in [2.05, 4.69) is 37.3 Å². The van der Waals surface area contributed by atoms with E-state index < -0.39 is 0 Å². The zero-order valence-corrected chi connectivity index (χ0v) is 13.2. The SMILES string of the molecule is CCC(CSC)N(C)c1ccc([C@@H](C)N)cc1Cl. The highest BCUT2D eigenvalue weighted by Crippen LogP contribution is 2.30. The van der Waals surface area contributed by atoms with Crippen molar-refractivity contribution in [3.8, 4) is 0 Å². The Morgan fingerprint density at radius 3 is 2.56 bits per heavy atom. The predicted octanol–water partition coefficient (Wildman–Crippen LogP) is 3.94. The fourth-order valence-corrected chi connectivity index (χ4v) is 3.15. The summed E-state index contributed by atoms with van der Waals surface area (Å²) in [6.45, 7) is 4.18. The molecule has 0 aliphatic heterocycles. The molecule has 1 aromatic rings. The zero-order valence-electron chi connectivity index (χ0n) is 11.6. The minimum absolute atomic E-state index is 0.0232. The van der Waals surface area contributed by atoms with Gasteiger partial charge < -0.3 is 10.6 Å². The van der Waals surface area contributed by atoms with E-state index in [1.807, 2.05) is 24.8 Å². The van der Waals surface area contributed by atoms with E-state index in [0.717, 1.165) is 28.4 Å². The molecule has 0 spiro atoms. The molecule has 0 radical (unpaired) electrons. The highest BCUT2D eigenvalue weighted by atomic mass is 35.5. The van der Waals surface area contributed by atoms with Crippen molar-refractivity contribution < 1.29 is 0 Å². The van der Waals surface area contributed by atoms with Gasteiger partial charge in [-0.1, -0.05) is 24.6 Å². The number of thioether (sulfide) groups is 1. The van der Waals surface area contributed by atoms with E-state index in [1.54, 1.807) is 0 Å². The molecule has 1 unspecified atom stereocenters. The smallest absolute Gasteiger partial charge is 0.0642 e. The van der Waals surface area contributed by atoms with Gasteiger partial charge >= 0.3 is 0 Å². The molecule has 0 aromatic heterocycles. The van der Waals surface area contributed by atoms with Gasteiger partial charge in [0.2, 0.25) is 0 Å². The molecule has 0 saturated carbocycles. The third-order valence-electron chi connectivity index (χ3n) is 3.26. The maximum Gasteiger partial charge on any atom is 0.0642 e. The Bertz CT molecular complexity index is 382. The first kappa shape index (κ1) is 15.7. The van der Waals surface area contributed by atoms with Gasteiger partial charge in [-0.15, -0.1) is 0 Å². The van der Waals surface area contributed by atoms with Crippen molar-refractivity contribution in [1.29, 1.82) is 0 Å². The topological polar surface area (TPSA) is 29.3 Å². The summed E-state index contributed by atoms with van der Waals surface area (Å²) < 4.78 is 0. The molecule has 0 fully saturated rings. The zero-order chi connectivity index (χ0) is 13.7. The summed E-state index contributed by atoms with van der Waals surface area (Å²) in [5.41, 5.74) is 8.03. The molecule has 0 amide bonds. The lowest BCUT2D eigenvalue weighted by Gasteiger charge is -2.30. The average Bonchev–Trinajstić information content (AvgIpc) is 2.34. The molecule has 102 valence electrons. The Morgan fingerprint density at radius 1 is 1.44 bits per heavy atom. The van der Waals surface area contributed by atoms with Crippen LogP contribution in [0.5, 0.6) is 0 Å². The van der Waals surface area contributed by atoms with Crippen LogP contribution in [0.3, 0.4) is 0 Å². The number of benzene rings is 1. The highest BCUT2D eigenvalue weighted by Gasteiger charge is 2.15. The first-order valence-electron chi connectivity index (χ1n) is 6.28. The summed E-state index contributed by atoms with van der Waals surface area (Å²) in [4.78, 5) is 2.27. The number of anilines is 1. The molecule has 4 heteroatoms. The number of rotatable bonds is 6. The monoisotopic (exact) mass is 286 g/mol. The molecule has 0 heterocycles. The Balaban J connectivity index is 2.95. The van der Waals surface area contributed by atoms with Crippen molar-refractivity contribution in [2.24, 2.45) is 5.73 Å². The van der Waals surface area contributed by atoms with E-state index in [0.29, 0.717) is 6.04 Å². The molecule has 0 saturated heterocycles. The molecule has 2 N–H and O–H groups in total. The van der Waals surface area contributed by atoms with Gasteiger partial charge in [0.15, 0.2) is 0 Å². The third-order valence-corrected chi connectivity index (χ3v) is 4.28. The number of nitrogens with two attached hydrogens (primary N) is 1. The quantitative estimate of drug-likeness (QED) is 0.859. The minimum atomic E-state index is 0.0232. The fourth-order valence-electron chi connectivity index (χ4n) is 1.99. The Hall–Kier alpha value is -0.380. The predicted molar refractivity (Wildman–Crippen MR) is 84.9 cm³/mol. The summed E-state index contributed by atoms with van der Waals surface area (Å²) in [7, 11) is 2.11. The standard InChI is InChI=1S/C14H23ClN2S/c1-5-12(9-18-4)17(3)14-7-6-11(10(2)16)8-13(14)15/h6-8,10,12H,5,9,16H2,1-4H3/t10-,12?/m1/s1. The fraction of sp³-hybridized carbons (Fsp3) is 0.571. The van der Waals surface area contributed by atoms with Gasteiger partial charge in [-0.25, -0.2) is 0 Å². The summed E-state index contributed by atoms with van der Waals surface area (Å²) in [6.07, 6.45) is 3.25. The first-order valence-corrected chi connectivity index (χ1v) is 8.05. The Morgan fingerprint density at radius 2 is 2.11 bits per heavy atom. The second-order valence-electron chi connectivity index (χ2n) is 4.63. The van der Waals surface area contributed by atoms with E-state index in [1.165, 1.54) is 0 Å². The normalized spacial score (nSPS) is 14.3. The van der Waals surface area contributed by atoms with Crippen molar-refractivity contribution in [3.63, 3.8) is 0 Å². The molecule has 0 bridgehead atoms. The van der Waals surface area contributed by atoms with Crippen LogP contribution in [0.4, 0.5) is 5.69 Å². The maximum absolute atomic E-state index is 6.37. The van der Waals surface area contributed by atoms with Gasteiger partial charge in [-0.3, -0.25) is 0 Å². The van der Waals surface area contributed by atoms with Crippen molar-refractivity contribution in [2.75, 3.05) is 24.0 Å². The molecule has 0 aliphatic carbocycles. The lowest BCUT2D eigenvalue weighted by Crippen LogP contribution is -2.33. The van der Waals surface area contributed by atoms with Crippen LogP contribution in [-0.4, -0.2) is 25.1 Å².